The fourth-order valence-electron chi connectivity index (χ4n) is 1.09. The van der Waals surface area contributed by atoms with E-state index in [0.29, 0.717) is 0 Å². The third kappa shape index (κ3) is 3.01. The van der Waals surface area contributed by atoms with Crippen LogP contribution in [-0.2, 0) is 6.54 Å². The van der Waals surface area contributed by atoms with E-state index in [9.17, 15) is 0 Å². The highest BCUT2D eigenvalue weighted by atomic mass is 15.5. The quantitative estimate of drug-likeness (QED) is 0.394. The summed E-state index contributed by atoms with van der Waals surface area (Å²) in [6.45, 7) is 6.97. The average molecular weight is 193 g/mol. The Balaban J connectivity index is 2.42. The molecule has 0 unspecified atom stereocenters. The van der Waals surface area contributed by atoms with Crippen molar-refractivity contribution in [2.75, 3.05) is 13.6 Å². The third-order valence-electron chi connectivity index (χ3n) is 1.75. The molecule has 5 nitrogen and oxygen atoms in total. The summed E-state index contributed by atoms with van der Waals surface area (Å²) in [7, 11) is 1.70. The van der Waals surface area contributed by atoms with Gasteiger partial charge >= 0.3 is 0 Å². The molecule has 0 spiro atoms. The molecular formula is C9H15N5. The van der Waals surface area contributed by atoms with Gasteiger partial charge in [-0.05, 0) is 12.5 Å². The number of aliphatic imine (C=N–C) groups is 1. The Bertz CT molecular complexity index is 315. The van der Waals surface area contributed by atoms with Crippen LogP contribution in [0.3, 0.4) is 0 Å². The molecule has 0 radical (unpaired) electrons. The molecule has 1 rings (SSSR count). The molecule has 1 heterocycles. The number of hydrogen-bond acceptors (Lipinski definition) is 3. The highest BCUT2D eigenvalue weighted by Crippen LogP contribution is 1.94. The minimum Gasteiger partial charge on any atom is -0.277 e. The molecule has 0 aliphatic rings. The first-order chi connectivity index (χ1) is 6.76. The first-order valence-electron chi connectivity index (χ1n) is 4.41. The molecule has 5 heteroatoms. The second-order valence-corrected chi connectivity index (χ2v) is 2.96. The molecule has 0 saturated carbocycles. The largest absolute Gasteiger partial charge is 0.277 e. The van der Waals surface area contributed by atoms with E-state index in [1.807, 2.05) is 24.0 Å². The van der Waals surface area contributed by atoms with Gasteiger partial charge in [-0.15, -0.1) is 0 Å². The van der Waals surface area contributed by atoms with Crippen LogP contribution in [0, 0.1) is 6.92 Å². The SMILES string of the molecule is C=NN(C=NC)CCn1cc(C)cn1. The summed E-state index contributed by atoms with van der Waals surface area (Å²) in [6.07, 6.45) is 5.47. The van der Waals surface area contributed by atoms with Gasteiger partial charge in [0.1, 0.15) is 6.34 Å². The minimum atomic E-state index is 0.724. The fourth-order valence-corrected chi connectivity index (χ4v) is 1.09. The van der Waals surface area contributed by atoms with E-state index in [1.165, 1.54) is 0 Å². The summed E-state index contributed by atoms with van der Waals surface area (Å²) < 4.78 is 1.87. The molecule has 0 N–H and O–H groups in total. The molecule has 0 aliphatic heterocycles. The van der Waals surface area contributed by atoms with Crippen LogP contribution >= 0.6 is 0 Å². The van der Waals surface area contributed by atoms with Crippen molar-refractivity contribution in [3.05, 3.63) is 18.0 Å². The van der Waals surface area contributed by atoms with Gasteiger partial charge in [-0.3, -0.25) is 14.7 Å². The summed E-state index contributed by atoms with van der Waals surface area (Å²) in [5.41, 5.74) is 1.16. The van der Waals surface area contributed by atoms with Crippen molar-refractivity contribution in [2.45, 2.75) is 13.5 Å². The van der Waals surface area contributed by atoms with Crippen LogP contribution in [0.4, 0.5) is 0 Å². The Morgan fingerprint density at radius 3 is 3.00 bits per heavy atom. The van der Waals surface area contributed by atoms with Crippen molar-refractivity contribution in [1.82, 2.24) is 14.8 Å². The number of hydrazone groups is 1. The van der Waals surface area contributed by atoms with Gasteiger partial charge in [0.2, 0.25) is 0 Å². The summed E-state index contributed by atoms with van der Waals surface area (Å²) in [5.74, 6) is 0. The molecule has 14 heavy (non-hydrogen) atoms. The van der Waals surface area contributed by atoms with Gasteiger partial charge in [0, 0.05) is 20.0 Å². The second-order valence-electron chi connectivity index (χ2n) is 2.96. The average Bonchev–Trinajstić information content (AvgIpc) is 2.59. The molecule has 0 aliphatic carbocycles. The molecule has 0 atom stereocenters. The van der Waals surface area contributed by atoms with E-state index in [2.05, 4.69) is 21.9 Å². The molecule has 0 aromatic carbocycles. The highest BCUT2D eigenvalue weighted by molar-refractivity contribution is 5.54. The Hall–Kier alpha value is -1.65. The fraction of sp³-hybridized carbons (Fsp3) is 0.444. The van der Waals surface area contributed by atoms with Gasteiger partial charge in [0.25, 0.3) is 0 Å². The number of aryl methyl sites for hydroxylation is 1. The van der Waals surface area contributed by atoms with E-state index < -0.39 is 0 Å². The van der Waals surface area contributed by atoms with Gasteiger partial charge in [-0.1, -0.05) is 0 Å². The number of hydrogen-bond donors (Lipinski definition) is 0. The predicted octanol–water partition coefficient (Wildman–Crippen LogP) is 0.767. The molecular weight excluding hydrogens is 178 g/mol. The first kappa shape index (κ1) is 10.4. The van der Waals surface area contributed by atoms with E-state index in [4.69, 9.17) is 0 Å². The van der Waals surface area contributed by atoms with Crippen LogP contribution in [0.1, 0.15) is 5.56 Å². The maximum absolute atomic E-state index is 4.17. The van der Waals surface area contributed by atoms with E-state index >= 15 is 0 Å². The Labute approximate surface area is 83.7 Å². The Morgan fingerprint density at radius 1 is 1.71 bits per heavy atom. The summed E-state index contributed by atoms with van der Waals surface area (Å²) in [5, 5.41) is 9.64. The van der Waals surface area contributed by atoms with Crippen molar-refractivity contribution >= 4 is 13.1 Å². The van der Waals surface area contributed by atoms with E-state index in [1.54, 1.807) is 18.4 Å². The van der Waals surface area contributed by atoms with Crippen LogP contribution in [0.5, 0.6) is 0 Å². The van der Waals surface area contributed by atoms with Crippen molar-refractivity contribution in [3.63, 3.8) is 0 Å². The first-order valence-corrected chi connectivity index (χ1v) is 4.41. The van der Waals surface area contributed by atoms with Gasteiger partial charge < -0.3 is 0 Å². The molecule has 0 amide bonds. The van der Waals surface area contributed by atoms with E-state index in [0.717, 1.165) is 18.7 Å². The zero-order valence-electron chi connectivity index (χ0n) is 8.59. The normalized spacial score (nSPS) is 10.7. The lowest BCUT2D eigenvalue weighted by molar-refractivity contribution is 0.414. The molecule has 0 fully saturated rings. The van der Waals surface area contributed by atoms with Gasteiger partial charge in [0.05, 0.1) is 19.3 Å². The minimum absolute atomic E-state index is 0.724. The molecule has 1 aromatic heterocycles. The van der Waals surface area contributed by atoms with Crippen LogP contribution in [0.15, 0.2) is 22.5 Å². The topological polar surface area (TPSA) is 45.8 Å². The summed E-state index contributed by atoms with van der Waals surface area (Å²) >= 11 is 0. The van der Waals surface area contributed by atoms with Crippen molar-refractivity contribution in [3.8, 4) is 0 Å². The molecule has 0 bridgehead atoms. The maximum Gasteiger partial charge on any atom is 0.106 e. The smallest absolute Gasteiger partial charge is 0.106 e. The maximum atomic E-state index is 4.17. The second kappa shape index (κ2) is 5.16. The number of rotatable bonds is 5. The predicted molar refractivity (Wildman–Crippen MR) is 57.6 cm³/mol. The van der Waals surface area contributed by atoms with Crippen LogP contribution in [0.2, 0.25) is 0 Å². The van der Waals surface area contributed by atoms with E-state index in [-0.39, 0.29) is 0 Å². The van der Waals surface area contributed by atoms with Crippen LogP contribution in [-0.4, -0.2) is 41.4 Å². The van der Waals surface area contributed by atoms with Crippen molar-refractivity contribution in [1.29, 1.82) is 0 Å². The zero-order chi connectivity index (χ0) is 10.4. The van der Waals surface area contributed by atoms with Gasteiger partial charge in [-0.2, -0.15) is 10.2 Å². The Morgan fingerprint density at radius 2 is 2.50 bits per heavy atom. The molecule has 0 saturated heterocycles. The van der Waals surface area contributed by atoms with Gasteiger partial charge in [0.15, 0.2) is 0 Å². The molecule has 1 aromatic rings. The van der Waals surface area contributed by atoms with Gasteiger partial charge in [-0.25, -0.2) is 0 Å². The summed E-state index contributed by atoms with van der Waals surface area (Å²) in [4.78, 5) is 3.86. The van der Waals surface area contributed by atoms with Crippen molar-refractivity contribution in [2.24, 2.45) is 10.1 Å². The van der Waals surface area contributed by atoms with Crippen molar-refractivity contribution < 1.29 is 0 Å². The van der Waals surface area contributed by atoms with Crippen LogP contribution in [0.25, 0.3) is 0 Å². The zero-order valence-corrected chi connectivity index (χ0v) is 8.59. The molecule has 76 valence electrons. The standard InChI is InChI=1S/C9H15N5/c1-9-6-12-13(7-9)4-5-14(11-3)8-10-2/h6-8H,3-5H2,1-2H3. The number of aromatic nitrogens is 2. The third-order valence-corrected chi connectivity index (χ3v) is 1.75. The highest BCUT2D eigenvalue weighted by Gasteiger charge is 1.97. The Kier molecular flexibility index (Phi) is 3.84. The number of nitrogens with zero attached hydrogens (tertiary/aromatic N) is 5. The lowest BCUT2D eigenvalue weighted by Gasteiger charge is -2.11. The summed E-state index contributed by atoms with van der Waals surface area (Å²) in [6, 6.07) is 0. The lowest BCUT2D eigenvalue weighted by Crippen LogP contribution is -2.20. The van der Waals surface area contributed by atoms with Crippen LogP contribution < -0.4 is 0 Å². The lowest BCUT2D eigenvalue weighted by atomic mass is 10.4. The monoisotopic (exact) mass is 193 g/mol.